The van der Waals surface area contributed by atoms with Gasteiger partial charge in [0, 0.05) is 34.2 Å². The molecule has 0 aliphatic heterocycles. The number of carbonyl (C=O) groups is 2. The topological polar surface area (TPSA) is 72.8 Å². The van der Waals surface area contributed by atoms with Crippen LogP contribution in [-0.2, 0) is 20.2 Å². The summed E-state index contributed by atoms with van der Waals surface area (Å²) < 4.78 is 5.26. The molecule has 1 aliphatic carbocycles. The third kappa shape index (κ3) is 2.02. The van der Waals surface area contributed by atoms with E-state index in [1.54, 1.807) is 24.3 Å². The van der Waals surface area contributed by atoms with E-state index in [1.165, 1.54) is 25.1 Å². The zero-order valence-electron chi connectivity index (χ0n) is 11.5. The average Bonchev–Trinajstić information content (AvgIpc) is 2.51. The molecule has 1 atom stereocenters. The zero-order valence-corrected chi connectivity index (χ0v) is 12.3. The number of carbonyl (C=O) groups excluding carboxylic acids is 2. The van der Waals surface area contributed by atoms with Crippen LogP contribution in [0, 0.1) is 0 Å². The Morgan fingerprint density at radius 1 is 1.14 bits per heavy atom. The van der Waals surface area contributed by atoms with Gasteiger partial charge in [-0.05, 0) is 18.2 Å². The van der Waals surface area contributed by atoms with E-state index in [0.717, 1.165) is 0 Å². The Bertz CT molecular complexity index is 786. The van der Waals surface area contributed by atoms with Crippen LogP contribution >= 0.6 is 11.6 Å². The second-order valence-corrected chi connectivity index (χ2v) is 5.30. The van der Waals surface area contributed by atoms with Gasteiger partial charge in [0.15, 0.2) is 5.78 Å². The molecule has 2 aromatic rings. The summed E-state index contributed by atoms with van der Waals surface area (Å²) in [4.78, 5) is 28.7. The lowest BCUT2D eigenvalue weighted by atomic mass is 9.80. The third-order valence-electron chi connectivity index (χ3n) is 3.52. The number of rotatable bonds is 2. The van der Waals surface area contributed by atoms with Gasteiger partial charge in [0.1, 0.15) is 0 Å². The molecule has 22 heavy (non-hydrogen) atoms. The lowest BCUT2D eigenvalue weighted by molar-refractivity contribution is -0.384. The van der Waals surface area contributed by atoms with Gasteiger partial charge in [-0.15, -0.1) is 0 Å². The molecule has 0 aromatic heterocycles. The number of esters is 1. The Kier molecular flexibility index (Phi) is 3.48. The molecule has 2 aromatic carbocycles. The molecule has 0 spiro atoms. The summed E-state index contributed by atoms with van der Waals surface area (Å²) in [5, 5.41) is 9.87. The van der Waals surface area contributed by atoms with Gasteiger partial charge in [-0.1, -0.05) is 35.9 Å². The van der Waals surface area contributed by atoms with E-state index in [0.29, 0.717) is 5.02 Å². The number of fused-ring (bicyclic) bond motifs is 2. The average molecular weight is 319 g/mol. The molecule has 0 amide bonds. The predicted octanol–water partition coefficient (Wildman–Crippen LogP) is 3.14. The van der Waals surface area contributed by atoms with Crippen LogP contribution in [0.1, 0.15) is 34.0 Å². The smallest absolute Gasteiger partial charge is 0.305 e. The van der Waals surface area contributed by atoms with E-state index in [4.69, 9.17) is 16.3 Å². The first-order valence-electron chi connectivity index (χ1n) is 6.46. The van der Waals surface area contributed by atoms with Gasteiger partial charge in [-0.3, -0.25) is 9.59 Å². The molecule has 0 radical (unpaired) electrons. The number of halogens is 1. The Morgan fingerprint density at radius 3 is 2.50 bits per heavy atom. The molecule has 1 unspecified atom stereocenters. The van der Waals surface area contributed by atoms with E-state index >= 15 is 0 Å². The Morgan fingerprint density at radius 2 is 1.82 bits per heavy atom. The van der Waals surface area contributed by atoms with E-state index < -0.39 is 11.8 Å². The molecule has 5 nitrogen and oxygen atoms in total. The zero-order chi connectivity index (χ0) is 15.9. The fourth-order valence-corrected chi connectivity index (χ4v) is 2.85. The van der Waals surface area contributed by atoms with Crippen molar-refractivity contribution in [2.45, 2.75) is 12.7 Å². The van der Waals surface area contributed by atoms with Crippen LogP contribution in [-0.4, -0.2) is 17.0 Å². The van der Waals surface area contributed by atoms with E-state index in [9.17, 15) is 14.8 Å². The molecule has 6 heteroatoms. The van der Waals surface area contributed by atoms with Gasteiger partial charge in [0.05, 0.1) is 0 Å². The molecular formula is C16H11ClO5. The largest absolute Gasteiger partial charge is 0.421 e. The second-order valence-electron chi connectivity index (χ2n) is 4.87. The minimum Gasteiger partial charge on any atom is -0.421 e. The minimum absolute atomic E-state index is 0.210. The molecule has 3 rings (SSSR count). The summed E-state index contributed by atoms with van der Waals surface area (Å²) in [5.41, 5.74) is 0.958. The summed E-state index contributed by atoms with van der Waals surface area (Å²) in [6.07, 6.45) is 0. The van der Waals surface area contributed by atoms with Crippen LogP contribution in [0.25, 0.3) is 0 Å². The molecule has 0 heterocycles. The maximum atomic E-state index is 12.6. The van der Waals surface area contributed by atoms with Crippen molar-refractivity contribution >= 4 is 23.4 Å². The number of benzene rings is 2. The highest BCUT2D eigenvalue weighted by atomic mass is 35.5. The van der Waals surface area contributed by atoms with Crippen molar-refractivity contribution in [3.8, 4) is 0 Å². The van der Waals surface area contributed by atoms with Gasteiger partial charge in [0.25, 0.3) is 5.79 Å². The molecule has 112 valence electrons. The Balaban J connectivity index is 2.37. The quantitative estimate of drug-likeness (QED) is 0.398. The summed E-state index contributed by atoms with van der Waals surface area (Å²) in [6, 6.07) is 10.9. The Labute approximate surface area is 131 Å². The minimum atomic E-state index is -1.89. The first-order chi connectivity index (χ1) is 10.5. The van der Waals surface area contributed by atoms with Crippen LogP contribution in [0.4, 0.5) is 0 Å². The maximum Gasteiger partial charge on any atom is 0.305 e. The van der Waals surface area contributed by atoms with Crippen molar-refractivity contribution in [1.29, 1.82) is 0 Å². The number of hydrogen-bond acceptors (Lipinski definition) is 5. The fraction of sp³-hybridized carbons (Fsp3) is 0.125. The van der Waals surface area contributed by atoms with Crippen molar-refractivity contribution in [3.05, 3.63) is 69.7 Å². The lowest BCUT2D eigenvalue weighted by Gasteiger charge is -2.35. The second kappa shape index (κ2) is 5.21. The third-order valence-corrected chi connectivity index (χ3v) is 3.76. The van der Waals surface area contributed by atoms with Gasteiger partial charge in [0.2, 0.25) is 0 Å². The summed E-state index contributed by atoms with van der Waals surface area (Å²) in [7, 11) is 0. The highest BCUT2D eigenvalue weighted by molar-refractivity contribution is 6.31. The predicted molar refractivity (Wildman–Crippen MR) is 77.6 cm³/mol. The lowest BCUT2D eigenvalue weighted by Crippen LogP contribution is -2.41. The fourth-order valence-electron chi connectivity index (χ4n) is 2.68. The molecule has 0 fully saturated rings. The monoisotopic (exact) mass is 318 g/mol. The van der Waals surface area contributed by atoms with Crippen LogP contribution in [0.3, 0.4) is 0 Å². The molecule has 0 bridgehead atoms. The van der Waals surface area contributed by atoms with Crippen molar-refractivity contribution in [2.75, 3.05) is 0 Å². The number of hydrogen-bond donors (Lipinski definition) is 1. The highest BCUT2D eigenvalue weighted by Crippen LogP contribution is 2.43. The van der Waals surface area contributed by atoms with E-state index in [1.807, 2.05) is 0 Å². The first-order valence-corrected chi connectivity index (χ1v) is 6.84. The van der Waals surface area contributed by atoms with Gasteiger partial charge in [-0.25, -0.2) is 5.26 Å². The summed E-state index contributed by atoms with van der Waals surface area (Å²) >= 11 is 5.95. The number of ether oxygens (including phenoxy) is 1. The Hall–Kier alpha value is -2.21. The van der Waals surface area contributed by atoms with Gasteiger partial charge < -0.3 is 4.74 Å². The van der Waals surface area contributed by atoms with Crippen LogP contribution in [0.2, 0.25) is 5.02 Å². The molecule has 0 saturated heterocycles. The van der Waals surface area contributed by atoms with Crippen molar-refractivity contribution < 1.29 is 24.5 Å². The standard InChI is InChI=1S/C16H11ClO5/c1-9(18)21-16(22-20)13-5-3-2-4-11(13)15(19)12-8-10(17)6-7-14(12)16/h2-8,20H,1H3. The summed E-state index contributed by atoms with van der Waals surface area (Å²) in [6.45, 7) is 1.19. The first kappa shape index (κ1) is 14.7. The van der Waals surface area contributed by atoms with Crippen molar-refractivity contribution in [2.24, 2.45) is 0 Å². The molecule has 1 N–H and O–H groups in total. The van der Waals surface area contributed by atoms with E-state index in [-0.39, 0.29) is 28.0 Å². The maximum absolute atomic E-state index is 12.6. The van der Waals surface area contributed by atoms with Crippen LogP contribution in [0.5, 0.6) is 0 Å². The van der Waals surface area contributed by atoms with E-state index in [2.05, 4.69) is 4.89 Å². The van der Waals surface area contributed by atoms with Gasteiger partial charge in [-0.2, -0.15) is 4.89 Å². The van der Waals surface area contributed by atoms with Crippen LogP contribution < -0.4 is 0 Å². The molecule has 1 aliphatic rings. The van der Waals surface area contributed by atoms with Gasteiger partial charge >= 0.3 is 5.97 Å². The SMILES string of the molecule is CC(=O)OC1(OO)c2ccccc2C(=O)c2cc(Cl)ccc21. The number of ketones is 1. The normalized spacial score (nSPS) is 19.3. The highest BCUT2D eigenvalue weighted by Gasteiger charge is 2.48. The van der Waals surface area contributed by atoms with Crippen molar-refractivity contribution in [1.82, 2.24) is 0 Å². The molecule has 0 saturated carbocycles. The van der Waals surface area contributed by atoms with Crippen molar-refractivity contribution in [3.63, 3.8) is 0 Å². The van der Waals surface area contributed by atoms with Crippen LogP contribution in [0.15, 0.2) is 42.5 Å². The molecular weight excluding hydrogens is 308 g/mol. The summed E-state index contributed by atoms with van der Waals surface area (Å²) in [5.74, 6) is -2.84.